The average Bonchev–Trinajstić information content (AvgIpc) is 2.89. The number of benzene rings is 2. The summed E-state index contributed by atoms with van der Waals surface area (Å²) in [5, 5.41) is 5.23. The number of ether oxygens (including phenoxy) is 1. The van der Waals surface area contributed by atoms with E-state index in [0.29, 0.717) is 12.4 Å². The third kappa shape index (κ3) is 6.82. The third-order valence-electron chi connectivity index (χ3n) is 4.81. The number of amides is 2. The van der Waals surface area contributed by atoms with Crippen molar-refractivity contribution in [3.05, 3.63) is 120 Å². The number of aromatic nitrogens is 2. The molecular weight excluding hydrogens is 447 g/mol. The highest BCUT2D eigenvalue weighted by molar-refractivity contribution is 6.08. The van der Waals surface area contributed by atoms with Crippen LogP contribution in [-0.2, 0) is 11.4 Å². The number of hydrogen-bond donors (Lipinski definition) is 2. The number of nitrogens with one attached hydrogen (secondary N) is 2. The van der Waals surface area contributed by atoms with Crippen molar-refractivity contribution < 1.29 is 18.7 Å². The van der Waals surface area contributed by atoms with Gasteiger partial charge in [0.2, 0.25) is 5.91 Å². The summed E-state index contributed by atoms with van der Waals surface area (Å²) in [5.74, 6) is -0.847. The summed E-state index contributed by atoms with van der Waals surface area (Å²) in [4.78, 5) is 33.0. The highest BCUT2D eigenvalue weighted by atomic mass is 19.1. The van der Waals surface area contributed by atoms with Crippen molar-refractivity contribution in [2.45, 2.75) is 6.61 Å². The monoisotopic (exact) mass is 468 g/mol. The van der Waals surface area contributed by atoms with Gasteiger partial charge in [-0.15, -0.1) is 0 Å². The first-order chi connectivity index (χ1) is 17.1. The predicted molar refractivity (Wildman–Crippen MR) is 131 cm³/mol. The molecule has 4 rings (SSSR count). The van der Waals surface area contributed by atoms with Crippen LogP contribution in [0.15, 0.2) is 97.3 Å². The Morgan fingerprint density at radius 2 is 1.63 bits per heavy atom. The van der Waals surface area contributed by atoms with E-state index in [0.717, 1.165) is 17.3 Å². The van der Waals surface area contributed by atoms with Crippen LogP contribution in [0.4, 0.5) is 15.8 Å². The van der Waals surface area contributed by atoms with Crippen LogP contribution < -0.4 is 15.4 Å². The quantitative estimate of drug-likeness (QED) is 0.351. The first-order valence-corrected chi connectivity index (χ1v) is 10.7. The molecule has 0 aliphatic heterocycles. The van der Waals surface area contributed by atoms with Crippen LogP contribution in [0, 0.1) is 5.82 Å². The van der Waals surface area contributed by atoms with Gasteiger partial charge in [-0.25, -0.2) is 4.39 Å². The molecule has 0 saturated heterocycles. The summed E-state index contributed by atoms with van der Waals surface area (Å²) in [6.45, 7) is 0.352. The number of carbonyl (C=O) groups excluding carboxylic acids is 2. The number of pyridine rings is 2. The lowest BCUT2D eigenvalue weighted by molar-refractivity contribution is -0.111. The molecule has 8 heteroatoms. The van der Waals surface area contributed by atoms with E-state index in [4.69, 9.17) is 4.74 Å². The summed E-state index contributed by atoms with van der Waals surface area (Å²) in [5.41, 5.74) is 2.16. The van der Waals surface area contributed by atoms with E-state index in [1.807, 2.05) is 18.2 Å². The van der Waals surface area contributed by atoms with Gasteiger partial charge in [-0.2, -0.15) is 0 Å². The van der Waals surface area contributed by atoms with Gasteiger partial charge in [0.25, 0.3) is 5.91 Å². The molecule has 2 heterocycles. The van der Waals surface area contributed by atoms with Crippen molar-refractivity contribution in [3.63, 3.8) is 0 Å². The summed E-state index contributed by atoms with van der Waals surface area (Å²) in [6, 6.07) is 21.4. The normalized spacial score (nSPS) is 10.7. The minimum Gasteiger partial charge on any atom is -0.487 e. The van der Waals surface area contributed by atoms with Gasteiger partial charge in [-0.1, -0.05) is 24.3 Å². The maximum Gasteiger partial charge on any atom is 0.274 e. The van der Waals surface area contributed by atoms with Crippen LogP contribution in [0.3, 0.4) is 0 Å². The van der Waals surface area contributed by atoms with Gasteiger partial charge in [-0.05, 0) is 66.2 Å². The Morgan fingerprint density at radius 1 is 0.857 bits per heavy atom. The molecule has 0 unspecified atom stereocenters. The van der Waals surface area contributed by atoms with Gasteiger partial charge in [0.1, 0.15) is 23.9 Å². The highest BCUT2D eigenvalue weighted by Crippen LogP contribution is 2.23. The van der Waals surface area contributed by atoms with Crippen molar-refractivity contribution in [1.82, 2.24) is 9.97 Å². The summed E-state index contributed by atoms with van der Waals surface area (Å²) >= 11 is 0. The summed E-state index contributed by atoms with van der Waals surface area (Å²) < 4.78 is 19.5. The Hall–Kier alpha value is -4.85. The molecule has 0 spiro atoms. The lowest BCUT2D eigenvalue weighted by Crippen LogP contribution is -2.16. The first-order valence-electron chi connectivity index (χ1n) is 10.7. The van der Waals surface area contributed by atoms with E-state index >= 15 is 0 Å². The third-order valence-corrected chi connectivity index (χ3v) is 4.81. The van der Waals surface area contributed by atoms with E-state index in [1.165, 1.54) is 24.4 Å². The number of rotatable bonds is 8. The molecule has 0 saturated carbocycles. The Kier molecular flexibility index (Phi) is 7.55. The van der Waals surface area contributed by atoms with E-state index < -0.39 is 17.6 Å². The Bertz CT molecular complexity index is 1330. The Morgan fingerprint density at radius 3 is 2.34 bits per heavy atom. The smallest absolute Gasteiger partial charge is 0.274 e. The molecule has 7 nitrogen and oxygen atoms in total. The minimum absolute atomic E-state index is 0.127. The topological polar surface area (TPSA) is 93.2 Å². The van der Waals surface area contributed by atoms with Gasteiger partial charge in [-0.3, -0.25) is 19.6 Å². The number of hydrogen-bond acceptors (Lipinski definition) is 5. The molecule has 0 bridgehead atoms. The molecule has 0 aliphatic rings. The molecular formula is C27H21FN4O3. The maximum atomic E-state index is 13.8. The number of halogens is 1. The van der Waals surface area contributed by atoms with Crippen LogP contribution in [-0.4, -0.2) is 21.8 Å². The molecule has 4 aromatic rings. The van der Waals surface area contributed by atoms with E-state index in [9.17, 15) is 14.0 Å². The summed E-state index contributed by atoms with van der Waals surface area (Å²) in [7, 11) is 0. The maximum absolute atomic E-state index is 13.8. The molecule has 0 aliphatic carbocycles. The van der Waals surface area contributed by atoms with E-state index in [-0.39, 0.29) is 17.1 Å². The molecule has 2 aromatic carbocycles. The number of carbonyl (C=O) groups is 2. The fourth-order valence-electron chi connectivity index (χ4n) is 3.07. The molecule has 2 amide bonds. The number of nitrogens with zero attached hydrogens (tertiary/aromatic N) is 2. The van der Waals surface area contributed by atoms with Crippen LogP contribution >= 0.6 is 0 Å². The van der Waals surface area contributed by atoms with Crippen molar-refractivity contribution in [2.24, 2.45) is 0 Å². The molecule has 0 fully saturated rings. The lowest BCUT2D eigenvalue weighted by atomic mass is 10.2. The van der Waals surface area contributed by atoms with Crippen LogP contribution in [0.2, 0.25) is 0 Å². The standard InChI is InChI=1S/C27H21FN4O3/c28-20-10-13-23(32-27(34)24-6-2-4-16-30-24)25(17-20)31-26(33)14-9-19-7-11-22(12-8-19)35-18-21-5-1-3-15-29-21/h1-17H,18H2,(H,31,33)(H,32,34)/b14-9+. The Balaban J connectivity index is 1.37. The van der Waals surface area contributed by atoms with Crippen molar-refractivity contribution in [2.75, 3.05) is 10.6 Å². The molecule has 2 N–H and O–H groups in total. The molecule has 2 aromatic heterocycles. The average molecular weight is 468 g/mol. The van der Waals surface area contributed by atoms with Gasteiger partial charge >= 0.3 is 0 Å². The lowest BCUT2D eigenvalue weighted by Gasteiger charge is -2.11. The van der Waals surface area contributed by atoms with Crippen LogP contribution in [0.5, 0.6) is 5.75 Å². The van der Waals surface area contributed by atoms with E-state index in [2.05, 4.69) is 20.6 Å². The largest absolute Gasteiger partial charge is 0.487 e. The predicted octanol–water partition coefficient (Wildman–Crippen LogP) is 5.10. The highest BCUT2D eigenvalue weighted by Gasteiger charge is 2.12. The number of anilines is 2. The van der Waals surface area contributed by atoms with Crippen molar-refractivity contribution in [1.29, 1.82) is 0 Å². The zero-order chi connectivity index (χ0) is 24.5. The summed E-state index contributed by atoms with van der Waals surface area (Å²) in [6.07, 6.45) is 6.13. The first kappa shape index (κ1) is 23.3. The zero-order valence-corrected chi connectivity index (χ0v) is 18.5. The fourth-order valence-corrected chi connectivity index (χ4v) is 3.07. The van der Waals surface area contributed by atoms with Crippen LogP contribution in [0.1, 0.15) is 21.7 Å². The minimum atomic E-state index is -0.554. The van der Waals surface area contributed by atoms with Gasteiger partial charge in [0, 0.05) is 18.5 Å². The van der Waals surface area contributed by atoms with Crippen molar-refractivity contribution >= 4 is 29.3 Å². The second-order valence-electron chi connectivity index (χ2n) is 7.36. The zero-order valence-electron chi connectivity index (χ0n) is 18.5. The van der Waals surface area contributed by atoms with Gasteiger partial charge in [0.05, 0.1) is 17.1 Å². The second-order valence-corrected chi connectivity index (χ2v) is 7.36. The molecule has 0 radical (unpaired) electrons. The van der Waals surface area contributed by atoms with E-state index in [1.54, 1.807) is 54.7 Å². The van der Waals surface area contributed by atoms with Gasteiger partial charge < -0.3 is 15.4 Å². The fraction of sp³-hybridized carbons (Fsp3) is 0.0370. The SMILES string of the molecule is O=C(/C=C/c1ccc(OCc2ccccn2)cc1)Nc1cc(F)ccc1NC(=O)c1ccccn1. The molecule has 35 heavy (non-hydrogen) atoms. The van der Waals surface area contributed by atoms with Crippen LogP contribution in [0.25, 0.3) is 6.08 Å². The molecule has 174 valence electrons. The van der Waals surface area contributed by atoms with Gasteiger partial charge in [0.15, 0.2) is 0 Å². The van der Waals surface area contributed by atoms with Crippen molar-refractivity contribution in [3.8, 4) is 5.75 Å². The Labute approximate surface area is 201 Å². The molecule has 0 atom stereocenters. The second kappa shape index (κ2) is 11.3.